The molecule has 0 atom stereocenters. The third-order valence-corrected chi connectivity index (χ3v) is 10.7. The van der Waals surface area contributed by atoms with Gasteiger partial charge in [-0.3, -0.25) is 0 Å². The van der Waals surface area contributed by atoms with Crippen LogP contribution in [0.5, 0.6) is 11.5 Å². The average Bonchev–Trinajstić information content (AvgIpc) is 3.42. The summed E-state index contributed by atoms with van der Waals surface area (Å²) in [6, 6.07) is 79.9. The van der Waals surface area contributed by atoms with Crippen molar-refractivity contribution in [3.05, 3.63) is 224 Å². The molecular weight excluding hydrogens is 679 g/mol. The molecule has 1 aliphatic heterocycles. The van der Waals surface area contributed by atoms with Gasteiger partial charge in [-0.25, -0.2) is 0 Å². The van der Waals surface area contributed by atoms with Crippen LogP contribution < -0.4 is 9.64 Å². The largest absolute Gasteiger partial charge is 0.456 e. The van der Waals surface area contributed by atoms with E-state index in [0.29, 0.717) is 0 Å². The number of fused-ring (bicyclic) bond motifs is 5. The van der Waals surface area contributed by atoms with Crippen LogP contribution in [0, 0.1) is 0 Å². The van der Waals surface area contributed by atoms with Gasteiger partial charge in [0.1, 0.15) is 11.5 Å². The smallest absolute Gasteiger partial charge is 0.135 e. The Morgan fingerprint density at radius 3 is 1.36 bits per heavy atom. The second kappa shape index (κ2) is 14.4. The van der Waals surface area contributed by atoms with Gasteiger partial charge in [0.15, 0.2) is 0 Å². The lowest BCUT2D eigenvalue weighted by molar-refractivity contribution is 0.488. The van der Waals surface area contributed by atoms with Gasteiger partial charge < -0.3 is 9.64 Å². The van der Waals surface area contributed by atoms with E-state index < -0.39 is 0 Å². The molecule has 0 radical (unpaired) electrons. The Hall–Kier alpha value is -7.42. The lowest BCUT2D eigenvalue weighted by atomic mass is 9.86. The normalized spacial score (nSPS) is 11.4. The van der Waals surface area contributed by atoms with Crippen LogP contribution >= 0.6 is 0 Å². The van der Waals surface area contributed by atoms with Crippen LogP contribution in [0.1, 0.15) is 0 Å². The van der Waals surface area contributed by atoms with Gasteiger partial charge in [0.2, 0.25) is 0 Å². The zero-order valence-electron chi connectivity index (χ0n) is 30.7. The van der Waals surface area contributed by atoms with Crippen molar-refractivity contribution < 1.29 is 4.74 Å². The lowest BCUT2D eigenvalue weighted by Gasteiger charge is -2.27. The van der Waals surface area contributed by atoms with Crippen LogP contribution in [0.2, 0.25) is 0 Å². The van der Waals surface area contributed by atoms with Crippen molar-refractivity contribution in [2.45, 2.75) is 0 Å². The molecule has 1 heterocycles. The maximum Gasteiger partial charge on any atom is 0.135 e. The SMILES string of the molecule is c1ccc(-c2ccc(N(c3cccc(-c4ccccc4)c3)c3ccc4c(c3)-c3c(-c5ccccc5)cccc3-c3cc(-c5ccccc5)ccc3O4)cc2)cc1. The number of anilines is 3. The Bertz CT molecular complexity index is 2800. The van der Waals surface area contributed by atoms with Crippen LogP contribution in [0.25, 0.3) is 66.8 Å². The Kier molecular flexibility index (Phi) is 8.55. The summed E-state index contributed by atoms with van der Waals surface area (Å²) in [6.07, 6.45) is 0. The van der Waals surface area contributed by atoms with Crippen molar-refractivity contribution in [2.75, 3.05) is 4.90 Å². The standard InChI is InChI=1S/C54H37NO/c1-5-15-38(16-6-1)41-27-30-45(31-28-41)55(46-24-13-23-43(35-46)39-17-7-2-8-18-39)47-32-34-53-51(37-47)54-48(42-21-11-4-12-22-42)25-14-26-49(54)50-36-44(29-33-52(50)56-53)40-19-9-3-10-20-40/h1-37H. The van der Waals surface area contributed by atoms with Gasteiger partial charge in [-0.1, -0.05) is 170 Å². The Balaban J connectivity index is 1.18. The van der Waals surface area contributed by atoms with Gasteiger partial charge >= 0.3 is 0 Å². The van der Waals surface area contributed by atoms with Crippen LogP contribution in [-0.4, -0.2) is 0 Å². The minimum absolute atomic E-state index is 0.821. The highest BCUT2D eigenvalue weighted by Crippen LogP contribution is 2.52. The minimum atomic E-state index is 0.821. The highest BCUT2D eigenvalue weighted by molar-refractivity contribution is 6.01. The van der Waals surface area contributed by atoms with E-state index in [1.165, 1.54) is 22.3 Å². The van der Waals surface area contributed by atoms with Crippen LogP contribution in [0.3, 0.4) is 0 Å². The highest BCUT2D eigenvalue weighted by atomic mass is 16.5. The maximum absolute atomic E-state index is 6.94. The van der Waals surface area contributed by atoms with Gasteiger partial charge in [0.25, 0.3) is 0 Å². The zero-order valence-corrected chi connectivity index (χ0v) is 30.7. The molecule has 10 rings (SSSR count). The van der Waals surface area contributed by atoms with Gasteiger partial charge in [0.05, 0.1) is 0 Å². The van der Waals surface area contributed by atoms with Crippen molar-refractivity contribution >= 4 is 17.1 Å². The summed E-state index contributed by atoms with van der Waals surface area (Å²) in [5.41, 5.74) is 16.9. The number of nitrogens with zero attached hydrogens (tertiary/aromatic N) is 1. The van der Waals surface area contributed by atoms with Crippen molar-refractivity contribution in [1.82, 2.24) is 0 Å². The van der Waals surface area contributed by atoms with Gasteiger partial charge in [-0.2, -0.15) is 0 Å². The van der Waals surface area contributed by atoms with E-state index >= 15 is 0 Å². The third-order valence-electron chi connectivity index (χ3n) is 10.7. The van der Waals surface area contributed by atoms with E-state index in [-0.39, 0.29) is 0 Å². The molecule has 0 fully saturated rings. The quantitative estimate of drug-likeness (QED) is 0.163. The molecule has 1 aliphatic rings. The molecule has 0 aliphatic carbocycles. The minimum Gasteiger partial charge on any atom is -0.456 e. The molecular formula is C54H37NO. The molecule has 0 N–H and O–H groups in total. The number of hydrogen-bond donors (Lipinski definition) is 0. The highest BCUT2D eigenvalue weighted by Gasteiger charge is 2.26. The van der Waals surface area contributed by atoms with E-state index in [9.17, 15) is 0 Å². The molecule has 0 bridgehead atoms. The van der Waals surface area contributed by atoms with Crippen molar-refractivity contribution in [2.24, 2.45) is 0 Å². The lowest BCUT2D eigenvalue weighted by Crippen LogP contribution is -2.10. The fourth-order valence-electron chi connectivity index (χ4n) is 7.96. The molecule has 0 amide bonds. The summed E-state index contributed by atoms with van der Waals surface area (Å²) in [7, 11) is 0. The second-order valence-corrected chi connectivity index (χ2v) is 14.1. The molecule has 9 aromatic rings. The first kappa shape index (κ1) is 33.2. The molecule has 0 aromatic heterocycles. The number of rotatable bonds is 7. The summed E-state index contributed by atoms with van der Waals surface area (Å²) in [4.78, 5) is 2.36. The monoisotopic (exact) mass is 715 g/mol. The summed E-state index contributed by atoms with van der Waals surface area (Å²) in [5, 5.41) is 0. The average molecular weight is 716 g/mol. The summed E-state index contributed by atoms with van der Waals surface area (Å²) < 4.78 is 6.94. The van der Waals surface area contributed by atoms with Crippen LogP contribution in [0.15, 0.2) is 224 Å². The van der Waals surface area contributed by atoms with Crippen molar-refractivity contribution in [1.29, 1.82) is 0 Å². The maximum atomic E-state index is 6.94. The summed E-state index contributed by atoms with van der Waals surface area (Å²) >= 11 is 0. The predicted octanol–water partition coefficient (Wildman–Crippen LogP) is 15.3. The third kappa shape index (κ3) is 6.24. The summed E-state index contributed by atoms with van der Waals surface area (Å²) in [5.74, 6) is 1.66. The number of benzene rings is 9. The fourth-order valence-corrected chi connectivity index (χ4v) is 7.96. The fraction of sp³-hybridized carbons (Fsp3) is 0. The number of ether oxygens (including phenoxy) is 1. The molecule has 0 spiro atoms. The van der Waals surface area contributed by atoms with E-state index in [1.807, 2.05) is 0 Å². The van der Waals surface area contributed by atoms with Crippen LogP contribution in [0.4, 0.5) is 17.1 Å². The molecule has 0 saturated heterocycles. The van der Waals surface area contributed by atoms with E-state index in [0.717, 1.165) is 73.1 Å². The second-order valence-electron chi connectivity index (χ2n) is 14.1. The predicted molar refractivity (Wildman–Crippen MR) is 234 cm³/mol. The molecule has 56 heavy (non-hydrogen) atoms. The van der Waals surface area contributed by atoms with Crippen molar-refractivity contribution in [3.63, 3.8) is 0 Å². The van der Waals surface area contributed by atoms with Gasteiger partial charge in [-0.05, 0) is 105 Å². The van der Waals surface area contributed by atoms with E-state index in [2.05, 4.69) is 229 Å². The summed E-state index contributed by atoms with van der Waals surface area (Å²) in [6.45, 7) is 0. The van der Waals surface area contributed by atoms with Gasteiger partial charge in [0, 0.05) is 33.8 Å². The van der Waals surface area contributed by atoms with Gasteiger partial charge in [-0.15, -0.1) is 0 Å². The molecule has 0 saturated carbocycles. The topological polar surface area (TPSA) is 12.5 Å². The first-order valence-electron chi connectivity index (χ1n) is 19.1. The molecule has 2 heteroatoms. The Morgan fingerprint density at radius 2 is 0.696 bits per heavy atom. The molecule has 264 valence electrons. The first-order chi connectivity index (χ1) is 27.8. The van der Waals surface area contributed by atoms with E-state index in [4.69, 9.17) is 4.74 Å². The number of hydrogen-bond acceptors (Lipinski definition) is 2. The first-order valence-corrected chi connectivity index (χ1v) is 19.1. The zero-order chi connectivity index (χ0) is 37.3. The van der Waals surface area contributed by atoms with E-state index in [1.54, 1.807) is 0 Å². The Labute approximate surface area is 328 Å². The Morgan fingerprint density at radius 1 is 0.250 bits per heavy atom. The molecule has 9 aromatic carbocycles. The van der Waals surface area contributed by atoms with Crippen LogP contribution in [-0.2, 0) is 0 Å². The van der Waals surface area contributed by atoms with Crippen molar-refractivity contribution in [3.8, 4) is 78.3 Å². The molecule has 0 unspecified atom stereocenters. The molecule has 2 nitrogen and oxygen atoms in total.